The highest BCUT2D eigenvalue weighted by molar-refractivity contribution is 5.29. The molecule has 1 aromatic heterocycles. The fraction of sp³-hybridized carbons (Fsp3) is 0.167. The van der Waals surface area contributed by atoms with Crippen LogP contribution in [-0.2, 0) is 0 Å². The average Bonchev–Trinajstić information content (AvgIpc) is 2.36. The number of aromatic nitrogens is 2. The summed E-state index contributed by atoms with van der Waals surface area (Å²) in [7, 11) is 0. The Bertz CT molecular complexity index is 502. The third-order valence-corrected chi connectivity index (χ3v) is 2.54. The van der Waals surface area contributed by atoms with Gasteiger partial charge in [0.1, 0.15) is 6.33 Å². The van der Waals surface area contributed by atoms with Crippen molar-refractivity contribution in [3.63, 3.8) is 0 Å². The standard InChI is InChI=1S/C12H11F2N3/c13-10-2-1-8(5-11(10)14)9(6-15)12-3-4-16-7-17-12/h1-5,7,9H,6,15H2. The quantitative estimate of drug-likeness (QED) is 0.883. The highest BCUT2D eigenvalue weighted by Crippen LogP contribution is 2.22. The van der Waals surface area contributed by atoms with E-state index in [-0.39, 0.29) is 12.5 Å². The third kappa shape index (κ3) is 2.45. The van der Waals surface area contributed by atoms with E-state index in [9.17, 15) is 8.78 Å². The molecule has 0 amide bonds. The molecule has 2 N–H and O–H groups in total. The van der Waals surface area contributed by atoms with E-state index in [4.69, 9.17) is 5.73 Å². The molecule has 0 fully saturated rings. The molecule has 0 aliphatic rings. The molecule has 0 saturated carbocycles. The predicted octanol–water partition coefficient (Wildman–Crippen LogP) is 1.85. The maximum atomic E-state index is 13.1. The summed E-state index contributed by atoms with van der Waals surface area (Å²) in [5, 5.41) is 0. The smallest absolute Gasteiger partial charge is 0.159 e. The van der Waals surface area contributed by atoms with Gasteiger partial charge in [0.25, 0.3) is 0 Å². The number of hydrogen-bond acceptors (Lipinski definition) is 3. The van der Waals surface area contributed by atoms with Crippen molar-refractivity contribution in [2.45, 2.75) is 5.92 Å². The number of nitrogens with two attached hydrogens (primary N) is 1. The van der Waals surface area contributed by atoms with Crippen LogP contribution in [0.1, 0.15) is 17.2 Å². The molecule has 17 heavy (non-hydrogen) atoms. The van der Waals surface area contributed by atoms with Gasteiger partial charge in [0.15, 0.2) is 11.6 Å². The van der Waals surface area contributed by atoms with Gasteiger partial charge in [-0.15, -0.1) is 0 Å². The van der Waals surface area contributed by atoms with Crippen LogP contribution >= 0.6 is 0 Å². The maximum absolute atomic E-state index is 13.1. The Labute approximate surface area is 97.3 Å². The molecule has 0 saturated heterocycles. The van der Waals surface area contributed by atoms with Crippen LogP contribution in [-0.4, -0.2) is 16.5 Å². The van der Waals surface area contributed by atoms with Crippen LogP contribution in [0.15, 0.2) is 36.8 Å². The second kappa shape index (κ2) is 4.97. The zero-order chi connectivity index (χ0) is 12.3. The summed E-state index contributed by atoms with van der Waals surface area (Å²) >= 11 is 0. The molecule has 3 nitrogen and oxygen atoms in total. The molecule has 0 radical (unpaired) electrons. The van der Waals surface area contributed by atoms with Crippen LogP contribution in [0, 0.1) is 11.6 Å². The van der Waals surface area contributed by atoms with Gasteiger partial charge in [-0.25, -0.2) is 18.7 Å². The van der Waals surface area contributed by atoms with E-state index in [0.717, 1.165) is 12.1 Å². The first kappa shape index (κ1) is 11.6. The zero-order valence-corrected chi connectivity index (χ0v) is 8.98. The first-order valence-corrected chi connectivity index (χ1v) is 5.13. The highest BCUT2D eigenvalue weighted by Gasteiger charge is 2.15. The topological polar surface area (TPSA) is 51.8 Å². The molecule has 1 heterocycles. The minimum atomic E-state index is -0.880. The Balaban J connectivity index is 2.39. The molecule has 1 aromatic carbocycles. The molecule has 0 bridgehead atoms. The summed E-state index contributed by atoms with van der Waals surface area (Å²) in [5.41, 5.74) is 6.94. The van der Waals surface area contributed by atoms with E-state index in [1.807, 2.05) is 0 Å². The second-order valence-corrected chi connectivity index (χ2v) is 3.60. The molecular formula is C12H11F2N3. The van der Waals surface area contributed by atoms with Crippen LogP contribution in [0.2, 0.25) is 0 Å². The molecule has 0 spiro atoms. The van der Waals surface area contributed by atoms with Crippen LogP contribution < -0.4 is 5.73 Å². The molecule has 0 aliphatic heterocycles. The molecule has 88 valence electrons. The van der Waals surface area contributed by atoms with Crippen molar-refractivity contribution in [3.8, 4) is 0 Å². The van der Waals surface area contributed by atoms with E-state index >= 15 is 0 Å². The number of benzene rings is 1. The van der Waals surface area contributed by atoms with Crippen molar-refractivity contribution < 1.29 is 8.78 Å². The molecule has 1 atom stereocenters. The fourth-order valence-corrected chi connectivity index (χ4v) is 1.66. The van der Waals surface area contributed by atoms with E-state index < -0.39 is 11.6 Å². The highest BCUT2D eigenvalue weighted by atomic mass is 19.2. The number of rotatable bonds is 3. The number of halogens is 2. The molecular weight excluding hydrogens is 224 g/mol. The predicted molar refractivity (Wildman–Crippen MR) is 59.3 cm³/mol. The average molecular weight is 235 g/mol. The normalized spacial score (nSPS) is 12.4. The lowest BCUT2D eigenvalue weighted by atomic mass is 9.95. The SMILES string of the molecule is NCC(c1ccc(F)c(F)c1)c1ccncn1. The van der Waals surface area contributed by atoms with Crippen LogP contribution in [0.4, 0.5) is 8.78 Å². The fourth-order valence-electron chi connectivity index (χ4n) is 1.66. The van der Waals surface area contributed by atoms with Crippen LogP contribution in [0.5, 0.6) is 0 Å². The molecule has 2 aromatic rings. The summed E-state index contributed by atoms with van der Waals surface area (Å²) in [6.07, 6.45) is 2.99. The van der Waals surface area contributed by atoms with Gasteiger partial charge < -0.3 is 5.73 Å². The second-order valence-electron chi connectivity index (χ2n) is 3.60. The van der Waals surface area contributed by atoms with E-state index in [1.165, 1.54) is 12.4 Å². The van der Waals surface area contributed by atoms with Gasteiger partial charge >= 0.3 is 0 Å². The monoisotopic (exact) mass is 235 g/mol. The Morgan fingerprint density at radius 3 is 2.59 bits per heavy atom. The summed E-state index contributed by atoms with van der Waals surface area (Å²) in [4.78, 5) is 7.87. The van der Waals surface area contributed by atoms with E-state index in [1.54, 1.807) is 12.3 Å². The number of hydrogen-bond donors (Lipinski definition) is 1. The van der Waals surface area contributed by atoms with Crippen molar-refractivity contribution in [1.82, 2.24) is 9.97 Å². The summed E-state index contributed by atoms with van der Waals surface area (Å²) in [5.74, 6) is -2.00. The van der Waals surface area contributed by atoms with Gasteiger partial charge in [-0.05, 0) is 23.8 Å². The van der Waals surface area contributed by atoms with Gasteiger partial charge in [-0.3, -0.25) is 0 Å². The number of nitrogens with zero attached hydrogens (tertiary/aromatic N) is 2. The van der Waals surface area contributed by atoms with Gasteiger partial charge in [-0.2, -0.15) is 0 Å². The van der Waals surface area contributed by atoms with Gasteiger partial charge in [0, 0.05) is 18.7 Å². The lowest BCUT2D eigenvalue weighted by Gasteiger charge is -2.14. The van der Waals surface area contributed by atoms with Crippen LogP contribution in [0.3, 0.4) is 0 Å². The third-order valence-electron chi connectivity index (χ3n) is 2.54. The minimum Gasteiger partial charge on any atom is -0.329 e. The van der Waals surface area contributed by atoms with Crippen molar-refractivity contribution in [3.05, 3.63) is 59.7 Å². The lowest BCUT2D eigenvalue weighted by molar-refractivity contribution is 0.506. The Morgan fingerprint density at radius 1 is 1.18 bits per heavy atom. The van der Waals surface area contributed by atoms with E-state index in [2.05, 4.69) is 9.97 Å². The maximum Gasteiger partial charge on any atom is 0.159 e. The first-order valence-electron chi connectivity index (χ1n) is 5.13. The van der Waals surface area contributed by atoms with Crippen LogP contribution in [0.25, 0.3) is 0 Å². The molecule has 0 aliphatic carbocycles. The zero-order valence-electron chi connectivity index (χ0n) is 8.98. The minimum absolute atomic E-state index is 0.256. The lowest BCUT2D eigenvalue weighted by Crippen LogP contribution is -2.15. The largest absolute Gasteiger partial charge is 0.329 e. The Hall–Kier alpha value is -1.88. The first-order chi connectivity index (χ1) is 8.22. The van der Waals surface area contributed by atoms with Gasteiger partial charge in [-0.1, -0.05) is 6.07 Å². The molecule has 2 rings (SSSR count). The van der Waals surface area contributed by atoms with Gasteiger partial charge in [0.2, 0.25) is 0 Å². The Kier molecular flexibility index (Phi) is 3.39. The molecule has 1 unspecified atom stereocenters. The van der Waals surface area contributed by atoms with Crippen molar-refractivity contribution in [1.29, 1.82) is 0 Å². The summed E-state index contributed by atoms with van der Waals surface area (Å²) in [6.45, 7) is 0.266. The van der Waals surface area contributed by atoms with Crippen molar-refractivity contribution >= 4 is 0 Å². The van der Waals surface area contributed by atoms with Crippen molar-refractivity contribution in [2.24, 2.45) is 5.73 Å². The van der Waals surface area contributed by atoms with Gasteiger partial charge in [0.05, 0.1) is 5.69 Å². The molecule has 5 heteroatoms. The summed E-state index contributed by atoms with van der Waals surface area (Å²) < 4.78 is 26.0. The van der Waals surface area contributed by atoms with Crippen molar-refractivity contribution in [2.75, 3.05) is 6.54 Å². The Morgan fingerprint density at radius 2 is 2.00 bits per heavy atom. The van der Waals surface area contributed by atoms with E-state index in [0.29, 0.717) is 11.3 Å². The summed E-state index contributed by atoms with van der Waals surface area (Å²) in [6, 6.07) is 5.46.